The van der Waals surface area contributed by atoms with Crippen molar-refractivity contribution in [3.63, 3.8) is 0 Å². The van der Waals surface area contributed by atoms with Crippen LogP contribution in [0.2, 0.25) is 0 Å². The molecule has 194 valence electrons. The van der Waals surface area contributed by atoms with Crippen molar-refractivity contribution in [3.8, 4) is 11.5 Å². The summed E-state index contributed by atoms with van der Waals surface area (Å²) in [7, 11) is 1.52. The summed E-state index contributed by atoms with van der Waals surface area (Å²) in [5, 5.41) is 3.30. The number of dihydropyridines is 1. The van der Waals surface area contributed by atoms with E-state index in [1.54, 1.807) is 37.3 Å². The number of Topliss-reactive ketones (excluding diaryl/α,β-unsaturated/α-hetero) is 1. The Kier molecular flexibility index (Phi) is 7.25. The quantitative estimate of drug-likeness (QED) is 0.251. The maximum atomic E-state index is 14.2. The number of nitrogens with one attached hydrogen (secondary N) is 1. The first-order chi connectivity index (χ1) is 18.3. The minimum atomic E-state index is -0.687. The van der Waals surface area contributed by atoms with E-state index in [2.05, 4.69) is 27.9 Å². The summed E-state index contributed by atoms with van der Waals surface area (Å²) in [6, 6.07) is 17.4. The molecule has 0 amide bonds. The molecule has 0 bridgehead atoms. The Morgan fingerprint density at radius 1 is 1.08 bits per heavy atom. The minimum Gasteiger partial charge on any atom is -0.493 e. The van der Waals surface area contributed by atoms with Gasteiger partial charge in [0.25, 0.3) is 0 Å². The van der Waals surface area contributed by atoms with E-state index in [-0.39, 0.29) is 24.8 Å². The largest absolute Gasteiger partial charge is 0.493 e. The van der Waals surface area contributed by atoms with Crippen molar-refractivity contribution in [3.05, 3.63) is 109 Å². The van der Waals surface area contributed by atoms with Crippen LogP contribution in [0.4, 0.5) is 4.39 Å². The van der Waals surface area contributed by atoms with Crippen molar-refractivity contribution >= 4 is 40.0 Å². The third-order valence-corrected chi connectivity index (χ3v) is 7.46. The Morgan fingerprint density at radius 2 is 1.79 bits per heavy atom. The van der Waals surface area contributed by atoms with Gasteiger partial charge >= 0.3 is 5.97 Å². The smallest absolute Gasteiger partial charge is 0.336 e. The molecule has 1 aliphatic carbocycles. The molecule has 0 saturated carbocycles. The number of carbonyl (C=O) groups is 2. The third-order valence-electron chi connectivity index (χ3n) is 6.66. The number of benzene rings is 3. The molecule has 1 atom stereocenters. The minimum absolute atomic E-state index is 0.0158. The maximum Gasteiger partial charge on any atom is 0.336 e. The lowest BCUT2D eigenvalue weighted by Gasteiger charge is -2.30. The van der Waals surface area contributed by atoms with Crippen LogP contribution in [0.15, 0.2) is 77.5 Å². The van der Waals surface area contributed by atoms with Crippen molar-refractivity contribution < 1.29 is 28.2 Å². The molecule has 0 saturated heterocycles. The number of allylic oxidation sites excluding steroid dienone is 2. The normalized spacial score (nSPS) is 16.1. The van der Waals surface area contributed by atoms with Gasteiger partial charge in [-0.1, -0.05) is 42.5 Å². The number of hydrogen-bond acceptors (Lipinski definition) is 6. The Labute approximate surface area is 233 Å². The molecule has 38 heavy (non-hydrogen) atoms. The van der Waals surface area contributed by atoms with Crippen molar-refractivity contribution in [2.45, 2.75) is 26.4 Å². The zero-order valence-electron chi connectivity index (χ0n) is 21.1. The van der Waals surface area contributed by atoms with Gasteiger partial charge in [-0.05, 0) is 60.2 Å². The van der Waals surface area contributed by atoms with Gasteiger partial charge in [0.1, 0.15) is 12.4 Å². The van der Waals surface area contributed by atoms with Gasteiger partial charge in [0.05, 0.1) is 28.6 Å². The van der Waals surface area contributed by atoms with Crippen LogP contribution in [-0.2, 0) is 16.1 Å². The molecule has 5 rings (SSSR count). The molecule has 3 aromatic rings. The molecule has 0 spiro atoms. The van der Waals surface area contributed by atoms with Gasteiger partial charge in [0.2, 0.25) is 0 Å². The van der Waals surface area contributed by atoms with E-state index in [9.17, 15) is 14.0 Å². The highest BCUT2D eigenvalue weighted by atomic mass is 127. The molecule has 3 aromatic carbocycles. The van der Waals surface area contributed by atoms with Crippen LogP contribution in [0.3, 0.4) is 0 Å². The Hall–Kier alpha value is -3.66. The van der Waals surface area contributed by atoms with Crippen molar-refractivity contribution in [2.75, 3.05) is 13.7 Å². The number of halogens is 2. The lowest BCUT2D eigenvalue weighted by Crippen LogP contribution is -2.29. The first kappa shape index (κ1) is 26.0. The summed E-state index contributed by atoms with van der Waals surface area (Å²) < 4.78 is 31.9. The zero-order valence-corrected chi connectivity index (χ0v) is 23.2. The summed E-state index contributed by atoms with van der Waals surface area (Å²) in [6.07, 6.45) is 0. The van der Waals surface area contributed by atoms with Crippen LogP contribution in [0.25, 0.3) is 5.70 Å². The van der Waals surface area contributed by atoms with E-state index in [1.165, 1.54) is 13.2 Å². The molecular weight excluding hydrogens is 600 g/mol. The average Bonchev–Trinajstić information content (AvgIpc) is 3.19. The van der Waals surface area contributed by atoms with Gasteiger partial charge in [-0.3, -0.25) is 4.79 Å². The van der Waals surface area contributed by atoms with Crippen LogP contribution >= 0.6 is 22.6 Å². The van der Waals surface area contributed by atoms with Crippen LogP contribution < -0.4 is 14.8 Å². The molecule has 0 aromatic heterocycles. The van der Waals surface area contributed by atoms with Crippen molar-refractivity contribution in [2.24, 2.45) is 0 Å². The van der Waals surface area contributed by atoms with Gasteiger partial charge in [0, 0.05) is 33.9 Å². The van der Waals surface area contributed by atoms with Gasteiger partial charge < -0.3 is 19.5 Å². The number of hydrogen-bond donors (Lipinski definition) is 1. The fraction of sp³-hybridized carbons (Fsp3) is 0.200. The van der Waals surface area contributed by atoms with E-state index in [0.717, 1.165) is 5.56 Å². The molecule has 6 nitrogen and oxygen atoms in total. The van der Waals surface area contributed by atoms with E-state index < -0.39 is 11.9 Å². The van der Waals surface area contributed by atoms with Gasteiger partial charge in [-0.25, -0.2) is 9.18 Å². The number of carbonyl (C=O) groups excluding carboxylic acids is 2. The Bertz CT molecular complexity index is 1530. The number of ether oxygens (including phenoxy) is 3. The topological polar surface area (TPSA) is 73.9 Å². The predicted molar refractivity (Wildman–Crippen MR) is 149 cm³/mol. The highest BCUT2D eigenvalue weighted by Gasteiger charge is 2.43. The molecule has 1 N–H and O–H groups in total. The van der Waals surface area contributed by atoms with Crippen LogP contribution in [0, 0.1) is 9.39 Å². The molecule has 0 fully saturated rings. The zero-order chi connectivity index (χ0) is 27.0. The van der Waals surface area contributed by atoms with Gasteiger partial charge in [-0.15, -0.1) is 0 Å². The summed E-state index contributed by atoms with van der Waals surface area (Å²) in [4.78, 5) is 26.9. The van der Waals surface area contributed by atoms with E-state index in [1.807, 2.05) is 31.2 Å². The van der Waals surface area contributed by atoms with Crippen molar-refractivity contribution in [1.29, 1.82) is 0 Å². The van der Waals surface area contributed by atoms with Crippen molar-refractivity contribution in [1.82, 2.24) is 5.32 Å². The fourth-order valence-electron chi connectivity index (χ4n) is 4.95. The lowest BCUT2D eigenvalue weighted by atomic mass is 9.79. The molecule has 0 radical (unpaired) electrons. The summed E-state index contributed by atoms with van der Waals surface area (Å²) in [6.45, 7) is 3.77. The summed E-state index contributed by atoms with van der Waals surface area (Å²) in [5.74, 6) is -0.821. The summed E-state index contributed by atoms with van der Waals surface area (Å²) in [5.41, 5.74) is 4.63. The van der Waals surface area contributed by atoms with Crippen LogP contribution in [-0.4, -0.2) is 25.5 Å². The molecule has 0 unspecified atom stereocenters. The Balaban J connectivity index is 1.61. The standard InChI is InChI=1S/C30H25FINO5/c1-4-37-30(35)24-16(2)33-27-19-10-6-7-11-20(19)28(34)26(27)25(24)18-13-22(32)29(23(14-18)36-3)38-15-17-9-5-8-12-21(17)31/h5-14,25,33H,4,15H2,1-3H3/t25-/m0/s1. The number of ketones is 1. The highest BCUT2D eigenvalue weighted by Crippen LogP contribution is 2.48. The van der Waals surface area contributed by atoms with Gasteiger partial charge in [0.15, 0.2) is 17.3 Å². The van der Waals surface area contributed by atoms with E-state index in [4.69, 9.17) is 14.2 Å². The van der Waals surface area contributed by atoms with Gasteiger partial charge in [-0.2, -0.15) is 0 Å². The first-order valence-electron chi connectivity index (χ1n) is 12.1. The molecular formula is C30H25FINO5. The molecule has 2 aliphatic rings. The SMILES string of the molecule is CCOC(=O)C1=C(C)NC2=C(C(=O)c3ccccc32)[C@H]1c1cc(I)c(OCc2ccccc2F)c(OC)c1. The molecule has 1 aliphatic heterocycles. The second kappa shape index (κ2) is 10.6. The predicted octanol–water partition coefficient (Wildman–Crippen LogP) is 6.15. The van der Waals surface area contributed by atoms with Crippen LogP contribution in [0.1, 0.15) is 46.8 Å². The number of rotatable bonds is 7. The fourth-order valence-corrected chi connectivity index (χ4v) is 5.73. The number of esters is 1. The van der Waals surface area contributed by atoms with E-state index >= 15 is 0 Å². The molecule has 8 heteroatoms. The van der Waals surface area contributed by atoms with Crippen LogP contribution in [0.5, 0.6) is 11.5 Å². The monoisotopic (exact) mass is 625 g/mol. The maximum absolute atomic E-state index is 14.2. The Morgan fingerprint density at radius 3 is 2.50 bits per heavy atom. The number of fused-ring (bicyclic) bond motifs is 2. The number of methoxy groups -OCH3 is 1. The lowest BCUT2D eigenvalue weighted by molar-refractivity contribution is -0.138. The first-order valence-corrected chi connectivity index (χ1v) is 13.2. The second-order valence-corrected chi connectivity index (χ2v) is 10.1. The third kappa shape index (κ3) is 4.47. The second-order valence-electron chi connectivity index (χ2n) is 8.89. The average molecular weight is 625 g/mol. The molecule has 1 heterocycles. The van der Waals surface area contributed by atoms with E-state index in [0.29, 0.717) is 54.3 Å². The summed E-state index contributed by atoms with van der Waals surface area (Å²) >= 11 is 2.13. The highest BCUT2D eigenvalue weighted by molar-refractivity contribution is 14.1.